The van der Waals surface area contributed by atoms with Crippen molar-refractivity contribution in [3.05, 3.63) is 52.5 Å². The Morgan fingerprint density at radius 2 is 1.54 bits per heavy atom. The number of anilines is 3. The maximum Gasteiger partial charge on any atom is 0.233 e. The second kappa shape index (κ2) is 9.46. The molecule has 0 aliphatic carbocycles. The predicted molar refractivity (Wildman–Crippen MR) is 108 cm³/mol. The molecule has 5 nitrogen and oxygen atoms in total. The van der Waals surface area contributed by atoms with Crippen LogP contribution in [-0.4, -0.2) is 24.9 Å². The van der Waals surface area contributed by atoms with Gasteiger partial charge in [0, 0.05) is 24.5 Å². The lowest BCUT2D eigenvalue weighted by atomic mass is 10.2. The van der Waals surface area contributed by atoms with Gasteiger partial charge in [0.2, 0.25) is 11.8 Å². The standard InChI is InChI=1S/C19H21Cl2N3O2/c1-3-24(4-2)14-10-8-13(9-11-14)22-17(25)12-18(26)23-16-7-5-6-15(20)19(16)21/h5-11H,3-4,12H2,1-2H3,(H,22,25)(H,23,26). The maximum atomic E-state index is 12.1. The molecule has 2 rings (SSSR count). The van der Waals surface area contributed by atoms with Crippen LogP contribution in [0.25, 0.3) is 0 Å². The van der Waals surface area contributed by atoms with Crippen molar-refractivity contribution >= 4 is 52.1 Å². The van der Waals surface area contributed by atoms with E-state index in [4.69, 9.17) is 23.2 Å². The number of nitrogens with one attached hydrogen (secondary N) is 2. The van der Waals surface area contributed by atoms with Crippen LogP contribution in [0.2, 0.25) is 10.0 Å². The lowest BCUT2D eigenvalue weighted by Gasteiger charge is -2.21. The van der Waals surface area contributed by atoms with Gasteiger partial charge in [-0.25, -0.2) is 0 Å². The molecule has 2 aromatic carbocycles. The number of hydrogen-bond donors (Lipinski definition) is 2. The topological polar surface area (TPSA) is 61.4 Å². The van der Waals surface area contributed by atoms with Gasteiger partial charge < -0.3 is 15.5 Å². The zero-order valence-electron chi connectivity index (χ0n) is 14.7. The molecule has 0 radical (unpaired) electrons. The zero-order chi connectivity index (χ0) is 19.1. The van der Waals surface area contributed by atoms with E-state index >= 15 is 0 Å². The van der Waals surface area contributed by atoms with Crippen molar-refractivity contribution in [3.63, 3.8) is 0 Å². The molecule has 0 atom stereocenters. The van der Waals surface area contributed by atoms with E-state index in [0.717, 1.165) is 18.8 Å². The van der Waals surface area contributed by atoms with Crippen molar-refractivity contribution in [1.82, 2.24) is 0 Å². The molecule has 0 aliphatic heterocycles. The third-order valence-corrected chi connectivity index (χ3v) is 4.65. The van der Waals surface area contributed by atoms with Crippen LogP contribution in [0.15, 0.2) is 42.5 Å². The molecule has 138 valence electrons. The van der Waals surface area contributed by atoms with Gasteiger partial charge in [-0.2, -0.15) is 0 Å². The Labute approximate surface area is 163 Å². The predicted octanol–water partition coefficient (Wildman–Crippen LogP) is 4.81. The number of benzene rings is 2. The van der Waals surface area contributed by atoms with Crippen LogP contribution >= 0.6 is 23.2 Å². The molecular weight excluding hydrogens is 373 g/mol. The second-order valence-corrected chi connectivity index (χ2v) is 6.38. The summed E-state index contributed by atoms with van der Waals surface area (Å²) in [6, 6.07) is 12.4. The Morgan fingerprint density at radius 1 is 0.923 bits per heavy atom. The number of carbonyl (C=O) groups excluding carboxylic acids is 2. The molecule has 2 amide bonds. The highest BCUT2D eigenvalue weighted by atomic mass is 35.5. The Morgan fingerprint density at radius 3 is 2.15 bits per heavy atom. The average molecular weight is 394 g/mol. The molecule has 26 heavy (non-hydrogen) atoms. The van der Waals surface area contributed by atoms with Gasteiger partial charge in [-0.15, -0.1) is 0 Å². The van der Waals surface area contributed by atoms with Crippen LogP contribution in [0.3, 0.4) is 0 Å². The van der Waals surface area contributed by atoms with Crippen molar-refractivity contribution in [3.8, 4) is 0 Å². The summed E-state index contributed by atoms with van der Waals surface area (Å²) in [6.07, 6.45) is -0.319. The van der Waals surface area contributed by atoms with E-state index in [-0.39, 0.29) is 11.4 Å². The summed E-state index contributed by atoms with van der Waals surface area (Å²) in [5.74, 6) is -0.873. The van der Waals surface area contributed by atoms with E-state index < -0.39 is 11.8 Å². The summed E-state index contributed by atoms with van der Waals surface area (Å²) in [5, 5.41) is 5.87. The van der Waals surface area contributed by atoms with Gasteiger partial charge in [0.25, 0.3) is 0 Å². The van der Waals surface area contributed by atoms with Crippen molar-refractivity contribution in [2.24, 2.45) is 0 Å². The quantitative estimate of drug-likeness (QED) is 0.663. The molecule has 2 aromatic rings. The van der Waals surface area contributed by atoms with Gasteiger partial charge in [0.15, 0.2) is 0 Å². The van der Waals surface area contributed by atoms with Crippen molar-refractivity contribution in [2.75, 3.05) is 28.6 Å². The number of halogens is 2. The van der Waals surface area contributed by atoms with E-state index in [2.05, 4.69) is 29.4 Å². The van der Waals surface area contributed by atoms with Crippen molar-refractivity contribution in [1.29, 1.82) is 0 Å². The fourth-order valence-corrected chi connectivity index (χ4v) is 2.84. The number of carbonyl (C=O) groups is 2. The summed E-state index contributed by atoms with van der Waals surface area (Å²) < 4.78 is 0. The zero-order valence-corrected chi connectivity index (χ0v) is 16.2. The van der Waals surface area contributed by atoms with Crippen LogP contribution in [-0.2, 0) is 9.59 Å². The summed E-state index contributed by atoms with van der Waals surface area (Å²) in [6.45, 7) is 6.00. The highest BCUT2D eigenvalue weighted by Gasteiger charge is 2.13. The lowest BCUT2D eigenvalue weighted by Crippen LogP contribution is -2.22. The minimum Gasteiger partial charge on any atom is -0.372 e. The molecule has 0 saturated heterocycles. The average Bonchev–Trinajstić information content (AvgIpc) is 2.61. The summed E-state index contributed by atoms with van der Waals surface area (Å²) in [5.41, 5.74) is 2.10. The minimum absolute atomic E-state index is 0.245. The summed E-state index contributed by atoms with van der Waals surface area (Å²) in [7, 11) is 0. The van der Waals surface area contributed by atoms with Crippen LogP contribution < -0.4 is 15.5 Å². The van der Waals surface area contributed by atoms with Crippen LogP contribution in [0.4, 0.5) is 17.1 Å². The number of amides is 2. The summed E-state index contributed by atoms with van der Waals surface area (Å²) in [4.78, 5) is 26.3. The van der Waals surface area contributed by atoms with Gasteiger partial charge in [-0.1, -0.05) is 29.3 Å². The van der Waals surface area contributed by atoms with Crippen molar-refractivity contribution < 1.29 is 9.59 Å². The smallest absolute Gasteiger partial charge is 0.233 e. The molecule has 0 saturated carbocycles. The van der Waals surface area contributed by atoms with Crippen LogP contribution in [0.1, 0.15) is 20.3 Å². The third-order valence-electron chi connectivity index (χ3n) is 3.83. The van der Waals surface area contributed by atoms with Crippen LogP contribution in [0, 0.1) is 0 Å². The molecule has 0 spiro atoms. The third kappa shape index (κ3) is 5.38. The minimum atomic E-state index is -0.466. The monoisotopic (exact) mass is 393 g/mol. The van der Waals surface area contributed by atoms with E-state index in [1.165, 1.54) is 0 Å². The van der Waals surface area contributed by atoms with E-state index in [1.54, 1.807) is 18.2 Å². The highest BCUT2D eigenvalue weighted by Crippen LogP contribution is 2.29. The van der Waals surface area contributed by atoms with Gasteiger partial charge in [0.1, 0.15) is 6.42 Å². The largest absolute Gasteiger partial charge is 0.372 e. The Kier molecular flexibility index (Phi) is 7.30. The normalized spacial score (nSPS) is 10.3. The Balaban J connectivity index is 1.91. The SMILES string of the molecule is CCN(CC)c1ccc(NC(=O)CC(=O)Nc2cccc(Cl)c2Cl)cc1. The van der Waals surface area contributed by atoms with E-state index in [0.29, 0.717) is 16.4 Å². The molecule has 2 N–H and O–H groups in total. The Bertz CT molecular complexity index is 775. The van der Waals surface area contributed by atoms with Gasteiger partial charge in [-0.3, -0.25) is 9.59 Å². The number of hydrogen-bond acceptors (Lipinski definition) is 3. The molecule has 0 heterocycles. The lowest BCUT2D eigenvalue weighted by molar-refractivity contribution is -0.123. The molecule has 7 heteroatoms. The first-order valence-corrected chi connectivity index (χ1v) is 9.08. The highest BCUT2D eigenvalue weighted by molar-refractivity contribution is 6.44. The number of nitrogens with zero attached hydrogens (tertiary/aromatic N) is 1. The van der Waals surface area contributed by atoms with Gasteiger partial charge in [0.05, 0.1) is 15.7 Å². The molecule has 0 aromatic heterocycles. The van der Waals surface area contributed by atoms with Gasteiger partial charge in [-0.05, 0) is 50.2 Å². The first-order chi connectivity index (χ1) is 12.4. The first kappa shape index (κ1) is 20.1. The molecule has 0 unspecified atom stereocenters. The molecule has 0 bridgehead atoms. The molecular formula is C19H21Cl2N3O2. The fraction of sp³-hybridized carbons (Fsp3) is 0.263. The number of rotatable bonds is 7. The van der Waals surface area contributed by atoms with E-state index in [1.807, 2.05) is 24.3 Å². The molecule has 0 fully saturated rings. The Hall–Kier alpha value is -2.24. The summed E-state index contributed by atoms with van der Waals surface area (Å²) >= 11 is 11.9. The molecule has 0 aliphatic rings. The maximum absolute atomic E-state index is 12.1. The van der Waals surface area contributed by atoms with Crippen LogP contribution in [0.5, 0.6) is 0 Å². The fourth-order valence-electron chi connectivity index (χ4n) is 2.49. The van der Waals surface area contributed by atoms with E-state index in [9.17, 15) is 9.59 Å². The van der Waals surface area contributed by atoms with Crippen molar-refractivity contribution in [2.45, 2.75) is 20.3 Å². The second-order valence-electron chi connectivity index (χ2n) is 5.59. The van der Waals surface area contributed by atoms with Gasteiger partial charge >= 0.3 is 0 Å². The first-order valence-electron chi connectivity index (χ1n) is 8.33.